The smallest absolute Gasteiger partial charge is 0.434 e. The molecular weight excluding hydrogens is 833 g/mol. The summed E-state index contributed by atoms with van der Waals surface area (Å²) in [5, 5.41) is 0. The van der Waals surface area contributed by atoms with E-state index in [1.54, 1.807) is 31.4 Å². The zero-order valence-electron chi connectivity index (χ0n) is 38.3. The molecule has 336 valence electrons. The molecule has 0 N–H and O–H groups in total. The van der Waals surface area contributed by atoms with Crippen LogP contribution in [0, 0.1) is 0 Å². The number of para-hydroxylation sites is 2. The molecule has 0 atom stereocenters. The fraction of sp³-hybridized carbons (Fsp3) is 0.153. The number of carbonyl (C=O) groups is 2. The highest BCUT2D eigenvalue weighted by molar-refractivity contribution is 5.81. The topological polar surface area (TPSA) is 77.5 Å². The second-order valence-electron chi connectivity index (χ2n) is 16.7. The zero-order chi connectivity index (χ0) is 46.6. The van der Waals surface area contributed by atoms with E-state index in [2.05, 4.69) is 145 Å². The van der Waals surface area contributed by atoms with Crippen molar-refractivity contribution in [2.24, 2.45) is 0 Å². The van der Waals surface area contributed by atoms with Crippen molar-refractivity contribution in [1.29, 1.82) is 0 Å². The van der Waals surface area contributed by atoms with E-state index < -0.39 is 6.16 Å². The van der Waals surface area contributed by atoms with Crippen LogP contribution in [0.1, 0.15) is 43.0 Å². The number of carbonyl (C=O) groups excluding carboxylic acids is 2. The average molecular weight is 887 g/mol. The number of anilines is 6. The third-order valence-electron chi connectivity index (χ3n) is 11.8. The molecule has 0 saturated carbocycles. The highest BCUT2D eigenvalue weighted by Crippen LogP contribution is 2.39. The largest absolute Gasteiger partial charge is 0.513 e. The van der Waals surface area contributed by atoms with Gasteiger partial charge >= 0.3 is 12.1 Å². The molecule has 0 aromatic heterocycles. The maximum atomic E-state index is 12.8. The minimum Gasteiger partial charge on any atom is -0.434 e. The zero-order valence-corrected chi connectivity index (χ0v) is 38.3. The first-order chi connectivity index (χ1) is 32.6. The minimum absolute atomic E-state index is 0.152. The van der Waals surface area contributed by atoms with E-state index in [4.69, 9.17) is 18.9 Å². The maximum absolute atomic E-state index is 12.8. The van der Waals surface area contributed by atoms with E-state index in [-0.39, 0.29) is 18.0 Å². The number of hydrogen-bond acceptors (Lipinski definition) is 8. The second kappa shape index (κ2) is 21.4. The van der Waals surface area contributed by atoms with Gasteiger partial charge in [0.25, 0.3) is 0 Å². The number of esters is 1. The average Bonchev–Trinajstić information content (AvgIpc) is 3.35. The first-order valence-corrected chi connectivity index (χ1v) is 22.5. The van der Waals surface area contributed by atoms with Crippen molar-refractivity contribution >= 4 is 46.2 Å². The lowest BCUT2D eigenvalue weighted by molar-refractivity contribution is -0.131. The standard InChI is InChI=1S/C59H54N2O6/c1-43(62)66-56-33-25-48(26-34-56)59(2,3)49-27-35-57(36-28-49)67-58(63)65-40-38-45-14-12-20-55(42-45)61(51-17-9-6-10-18-51)53-31-23-47(24-32-53)46-21-29-52(30-22-46)60(50-15-7-5-8-16-50)54-19-11-13-44(41-54)37-39-64-4/h5-36,41-42H,37-40H2,1-4H3. The lowest BCUT2D eigenvalue weighted by Gasteiger charge is -2.26. The number of nitrogens with zero attached hydrogens (tertiary/aromatic N) is 2. The van der Waals surface area contributed by atoms with Gasteiger partial charge in [-0.15, -0.1) is 0 Å². The maximum Gasteiger partial charge on any atom is 0.513 e. The van der Waals surface area contributed by atoms with Gasteiger partial charge in [-0.2, -0.15) is 0 Å². The van der Waals surface area contributed by atoms with E-state index in [1.165, 1.54) is 12.5 Å². The van der Waals surface area contributed by atoms with Crippen LogP contribution in [0.2, 0.25) is 0 Å². The van der Waals surface area contributed by atoms with Gasteiger partial charge in [0, 0.05) is 60.0 Å². The number of ether oxygens (including phenoxy) is 4. The van der Waals surface area contributed by atoms with Crippen LogP contribution in [0.25, 0.3) is 11.1 Å². The molecule has 0 bridgehead atoms. The van der Waals surface area contributed by atoms with E-state index in [0.29, 0.717) is 24.5 Å². The summed E-state index contributed by atoms with van der Waals surface area (Å²) in [5.74, 6) is 0.534. The molecule has 0 aliphatic carbocycles. The van der Waals surface area contributed by atoms with Crippen LogP contribution in [0.3, 0.4) is 0 Å². The van der Waals surface area contributed by atoms with E-state index >= 15 is 0 Å². The summed E-state index contributed by atoms with van der Waals surface area (Å²) in [7, 11) is 1.74. The summed E-state index contributed by atoms with van der Waals surface area (Å²) in [6, 6.07) is 69.9. The van der Waals surface area contributed by atoms with Crippen molar-refractivity contribution in [3.63, 3.8) is 0 Å². The van der Waals surface area contributed by atoms with Crippen molar-refractivity contribution in [3.8, 4) is 22.6 Å². The van der Waals surface area contributed by atoms with Crippen LogP contribution in [0.4, 0.5) is 38.9 Å². The normalized spacial score (nSPS) is 11.1. The molecule has 0 fully saturated rings. The first-order valence-electron chi connectivity index (χ1n) is 22.5. The van der Waals surface area contributed by atoms with E-state index in [9.17, 15) is 9.59 Å². The lowest BCUT2D eigenvalue weighted by Crippen LogP contribution is -2.19. The van der Waals surface area contributed by atoms with Crippen LogP contribution < -0.4 is 19.3 Å². The molecule has 0 spiro atoms. The quantitative estimate of drug-likeness (QED) is 0.0508. The van der Waals surface area contributed by atoms with Gasteiger partial charge < -0.3 is 28.7 Å². The molecule has 0 aliphatic heterocycles. The monoisotopic (exact) mass is 886 g/mol. The van der Waals surface area contributed by atoms with Crippen LogP contribution in [-0.4, -0.2) is 32.4 Å². The van der Waals surface area contributed by atoms with Gasteiger partial charge in [0.15, 0.2) is 0 Å². The molecule has 0 aliphatic rings. The van der Waals surface area contributed by atoms with Crippen LogP contribution in [0.15, 0.2) is 206 Å². The van der Waals surface area contributed by atoms with Crippen molar-refractivity contribution in [3.05, 3.63) is 229 Å². The predicted molar refractivity (Wildman–Crippen MR) is 269 cm³/mol. The SMILES string of the molecule is COCCc1cccc(N(c2ccccc2)c2ccc(-c3ccc(N(c4ccccc4)c4cccc(CCOC(=O)Oc5ccc(C(C)(C)c6ccc(OC(C)=O)cc6)cc5)c4)cc3)cc2)c1. The molecule has 0 saturated heterocycles. The Kier molecular flexibility index (Phi) is 14.5. The van der Waals surface area contributed by atoms with Crippen molar-refractivity contribution in [2.45, 2.75) is 39.0 Å². The summed E-state index contributed by atoms with van der Waals surface area (Å²) in [5.41, 5.74) is 12.5. The van der Waals surface area contributed by atoms with Crippen LogP contribution in [0.5, 0.6) is 11.5 Å². The molecule has 8 rings (SSSR count). The summed E-state index contributed by atoms with van der Waals surface area (Å²) in [6.45, 7) is 6.42. The highest BCUT2D eigenvalue weighted by atomic mass is 16.7. The molecular formula is C59H54N2O6. The molecule has 8 aromatic carbocycles. The summed E-state index contributed by atoms with van der Waals surface area (Å²) in [6.07, 6.45) is 0.591. The van der Waals surface area contributed by atoms with Crippen molar-refractivity contribution < 1.29 is 28.5 Å². The Bertz CT molecular complexity index is 2860. The first kappa shape index (κ1) is 45.6. The van der Waals surface area contributed by atoms with Gasteiger partial charge in [0.05, 0.1) is 13.2 Å². The number of methoxy groups -OCH3 is 1. The van der Waals surface area contributed by atoms with Gasteiger partial charge in [-0.3, -0.25) is 4.79 Å². The molecule has 0 radical (unpaired) electrons. The third-order valence-corrected chi connectivity index (χ3v) is 11.8. The van der Waals surface area contributed by atoms with Gasteiger partial charge in [-0.25, -0.2) is 4.79 Å². The molecule has 67 heavy (non-hydrogen) atoms. The fourth-order valence-corrected chi connectivity index (χ4v) is 8.17. The molecule has 8 nitrogen and oxygen atoms in total. The van der Waals surface area contributed by atoms with Crippen molar-refractivity contribution in [2.75, 3.05) is 30.1 Å². The van der Waals surface area contributed by atoms with Crippen molar-refractivity contribution in [1.82, 2.24) is 0 Å². The van der Waals surface area contributed by atoms with Gasteiger partial charge in [0.2, 0.25) is 0 Å². The molecule has 8 heteroatoms. The third kappa shape index (κ3) is 11.5. The molecule has 0 heterocycles. The Morgan fingerprint density at radius 3 is 1.28 bits per heavy atom. The Morgan fingerprint density at radius 1 is 0.448 bits per heavy atom. The molecule has 0 amide bonds. The van der Waals surface area contributed by atoms with Gasteiger partial charge in [-0.1, -0.05) is 123 Å². The minimum atomic E-state index is -0.762. The second-order valence-corrected chi connectivity index (χ2v) is 16.7. The summed E-state index contributed by atoms with van der Waals surface area (Å²) < 4.78 is 21.6. The molecule has 0 unspecified atom stereocenters. The van der Waals surface area contributed by atoms with Crippen LogP contribution in [-0.2, 0) is 32.5 Å². The lowest BCUT2D eigenvalue weighted by atomic mass is 9.78. The predicted octanol–water partition coefficient (Wildman–Crippen LogP) is 14.5. The Balaban J connectivity index is 0.922. The summed E-state index contributed by atoms with van der Waals surface area (Å²) >= 11 is 0. The molecule has 8 aromatic rings. The van der Waals surface area contributed by atoms with Crippen LogP contribution >= 0.6 is 0 Å². The summed E-state index contributed by atoms with van der Waals surface area (Å²) in [4.78, 5) is 28.6. The Labute approximate surface area is 393 Å². The number of hydrogen-bond donors (Lipinski definition) is 0. The van der Waals surface area contributed by atoms with Gasteiger partial charge in [-0.05, 0) is 137 Å². The Hall–Kier alpha value is -7.94. The van der Waals surface area contributed by atoms with E-state index in [0.717, 1.165) is 68.4 Å². The fourth-order valence-electron chi connectivity index (χ4n) is 8.17. The number of benzene rings is 8. The highest BCUT2D eigenvalue weighted by Gasteiger charge is 2.24. The van der Waals surface area contributed by atoms with Gasteiger partial charge in [0.1, 0.15) is 11.5 Å². The van der Waals surface area contributed by atoms with E-state index in [1.807, 2.05) is 60.7 Å². The Morgan fingerprint density at radius 2 is 0.851 bits per heavy atom. The number of rotatable bonds is 17.